The van der Waals surface area contributed by atoms with Crippen LogP contribution in [0.2, 0.25) is 5.02 Å². The van der Waals surface area contributed by atoms with Gasteiger partial charge in [0, 0.05) is 31.9 Å². The second kappa shape index (κ2) is 6.35. The molecule has 6 heteroatoms. The monoisotopic (exact) mass is 270 g/mol. The lowest BCUT2D eigenvalue weighted by atomic mass is 10.2. The summed E-state index contributed by atoms with van der Waals surface area (Å²) >= 11 is 5.97. The van der Waals surface area contributed by atoms with E-state index in [4.69, 9.17) is 16.7 Å². The van der Waals surface area contributed by atoms with Crippen LogP contribution in [0.5, 0.6) is 0 Å². The molecule has 0 aromatic carbocycles. The minimum Gasteiger partial charge on any atom is -0.481 e. The molecule has 0 aliphatic heterocycles. The van der Waals surface area contributed by atoms with E-state index in [9.17, 15) is 9.59 Å². The van der Waals surface area contributed by atoms with Gasteiger partial charge < -0.3 is 10.0 Å². The van der Waals surface area contributed by atoms with Gasteiger partial charge in [0.15, 0.2) is 0 Å². The molecule has 0 bridgehead atoms. The molecule has 0 fully saturated rings. The van der Waals surface area contributed by atoms with Crippen molar-refractivity contribution in [3.8, 4) is 0 Å². The minimum absolute atomic E-state index is 0.0392. The number of aryl methyl sites for hydroxylation is 1. The molecule has 1 aromatic heterocycles. The summed E-state index contributed by atoms with van der Waals surface area (Å²) < 4.78 is 0. The zero-order valence-corrected chi connectivity index (χ0v) is 11.1. The van der Waals surface area contributed by atoms with Gasteiger partial charge in [0.2, 0.25) is 0 Å². The van der Waals surface area contributed by atoms with Crippen LogP contribution < -0.4 is 0 Å². The van der Waals surface area contributed by atoms with Gasteiger partial charge in [0.05, 0.1) is 10.6 Å². The summed E-state index contributed by atoms with van der Waals surface area (Å²) in [4.78, 5) is 27.9. The largest absolute Gasteiger partial charge is 0.481 e. The predicted octanol–water partition coefficient (Wildman–Crippen LogP) is 1.98. The number of nitrogens with zero attached hydrogens (tertiary/aromatic N) is 2. The van der Waals surface area contributed by atoms with Crippen LogP contribution in [-0.2, 0) is 4.79 Å². The number of carboxylic acids is 1. The number of amides is 1. The highest BCUT2D eigenvalue weighted by Gasteiger charge is 2.15. The molecule has 1 aromatic rings. The van der Waals surface area contributed by atoms with Gasteiger partial charge >= 0.3 is 5.97 Å². The first-order chi connectivity index (χ1) is 8.41. The molecule has 0 spiro atoms. The van der Waals surface area contributed by atoms with Gasteiger partial charge in [-0.15, -0.1) is 0 Å². The Morgan fingerprint density at radius 2 is 2.17 bits per heavy atom. The topological polar surface area (TPSA) is 70.5 Å². The van der Waals surface area contributed by atoms with Crippen molar-refractivity contribution in [2.24, 2.45) is 0 Å². The van der Waals surface area contributed by atoms with Crippen LogP contribution in [0.3, 0.4) is 0 Å². The van der Waals surface area contributed by atoms with E-state index >= 15 is 0 Å². The fourth-order valence-electron chi connectivity index (χ4n) is 1.46. The second-order valence-corrected chi connectivity index (χ2v) is 4.44. The fraction of sp³-hybridized carbons (Fsp3) is 0.417. The zero-order valence-electron chi connectivity index (χ0n) is 10.3. The Hall–Kier alpha value is -1.62. The molecule has 0 aliphatic carbocycles. The summed E-state index contributed by atoms with van der Waals surface area (Å²) in [6.45, 7) is 2.16. The Balaban J connectivity index is 2.65. The summed E-state index contributed by atoms with van der Waals surface area (Å²) in [5, 5.41) is 8.88. The van der Waals surface area contributed by atoms with Crippen molar-refractivity contribution in [3.63, 3.8) is 0 Å². The third-order valence-corrected chi connectivity index (χ3v) is 2.76. The molecule has 0 atom stereocenters. The molecule has 1 amide bonds. The van der Waals surface area contributed by atoms with Crippen molar-refractivity contribution in [2.75, 3.05) is 13.6 Å². The van der Waals surface area contributed by atoms with Crippen LogP contribution in [-0.4, -0.2) is 40.5 Å². The van der Waals surface area contributed by atoms with Crippen LogP contribution in [0.4, 0.5) is 0 Å². The first-order valence-corrected chi connectivity index (χ1v) is 5.89. The van der Waals surface area contributed by atoms with Crippen LogP contribution in [0, 0.1) is 6.92 Å². The third kappa shape index (κ3) is 4.00. The van der Waals surface area contributed by atoms with Gasteiger partial charge in [-0.3, -0.25) is 14.6 Å². The number of hydrogen-bond donors (Lipinski definition) is 1. The highest BCUT2D eigenvalue weighted by molar-refractivity contribution is 6.33. The number of aromatic nitrogens is 1. The van der Waals surface area contributed by atoms with Gasteiger partial charge in [-0.25, -0.2) is 0 Å². The van der Waals surface area contributed by atoms with E-state index in [1.165, 1.54) is 11.1 Å². The number of halogens is 1. The molecule has 0 aliphatic rings. The Morgan fingerprint density at radius 1 is 1.50 bits per heavy atom. The maximum absolute atomic E-state index is 12.0. The molecule has 0 saturated carbocycles. The zero-order chi connectivity index (χ0) is 13.7. The van der Waals surface area contributed by atoms with E-state index in [0.29, 0.717) is 23.6 Å². The maximum atomic E-state index is 12.0. The molecule has 0 unspecified atom stereocenters. The van der Waals surface area contributed by atoms with Gasteiger partial charge in [-0.1, -0.05) is 11.6 Å². The Bertz CT molecular complexity index is 463. The van der Waals surface area contributed by atoms with E-state index in [0.717, 1.165) is 5.69 Å². The van der Waals surface area contributed by atoms with Gasteiger partial charge in [0.1, 0.15) is 0 Å². The number of carbonyl (C=O) groups excluding carboxylic acids is 1. The van der Waals surface area contributed by atoms with Crippen molar-refractivity contribution in [1.82, 2.24) is 9.88 Å². The lowest BCUT2D eigenvalue weighted by Gasteiger charge is -2.17. The molecular weight excluding hydrogens is 256 g/mol. The summed E-state index contributed by atoms with van der Waals surface area (Å²) in [7, 11) is 1.61. The molecule has 18 heavy (non-hydrogen) atoms. The summed E-state index contributed by atoms with van der Waals surface area (Å²) in [6, 6.07) is 1.62. The molecule has 1 rings (SSSR count). The Morgan fingerprint density at radius 3 is 2.72 bits per heavy atom. The minimum atomic E-state index is -0.870. The van der Waals surface area contributed by atoms with Crippen LogP contribution >= 0.6 is 11.6 Å². The number of carboxylic acid groups (broad SMARTS) is 1. The normalized spacial score (nSPS) is 10.2. The van der Waals surface area contributed by atoms with Crippen molar-refractivity contribution >= 4 is 23.5 Å². The van der Waals surface area contributed by atoms with E-state index in [-0.39, 0.29) is 12.3 Å². The van der Waals surface area contributed by atoms with E-state index in [2.05, 4.69) is 4.98 Å². The summed E-state index contributed by atoms with van der Waals surface area (Å²) in [6.07, 6.45) is 1.89. The number of pyridine rings is 1. The van der Waals surface area contributed by atoms with Crippen molar-refractivity contribution < 1.29 is 14.7 Å². The quantitative estimate of drug-likeness (QED) is 0.888. The number of aliphatic carboxylic acids is 1. The van der Waals surface area contributed by atoms with Crippen molar-refractivity contribution in [2.45, 2.75) is 19.8 Å². The number of hydrogen-bond acceptors (Lipinski definition) is 3. The van der Waals surface area contributed by atoms with Crippen LogP contribution in [0.25, 0.3) is 0 Å². The fourth-order valence-corrected chi connectivity index (χ4v) is 1.75. The molecule has 98 valence electrons. The van der Waals surface area contributed by atoms with Crippen LogP contribution in [0.15, 0.2) is 12.3 Å². The highest BCUT2D eigenvalue weighted by Crippen LogP contribution is 2.17. The molecule has 5 nitrogen and oxygen atoms in total. The summed E-state index contributed by atoms with van der Waals surface area (Å²) in [5.74, 6) is -1.12. The van der Waals surface area contributed by atoms with E-state index in [1.54, 1.807) is 20.0 Å². The van der Waals surface area contributed by atoms with Gasteiger partial charge in [-0.2, -0.15) is 0 Å². The number of rotatable bonds is 5. The van der Waals surface area contributed by atoms with E-state index in [1.807, 2.05) is 0 Å². The lowest BCUT2D eigenvalue weighted by molar-refractivity contribution is -0.137. The average molecular weight is 271 g/mol. The van der Waals surface area contributed by atoms with E-state index < -0.39 is 5.97 Å². The van der Waals surface area contributed by atoms with Gasteiger partial charge in [0.25, 0.3) is 5.91 Å². The second-order valence-electron chi connectivity index (χ2n) is 4.03. The number of carbonyl (C=O) groups is 2. The molecular formula is C12H15ClN2O3. The van der Waals surface area contributed by atoms with Crippen LogP contribution in [0.1, 0.15) is 28.9 Å². The smallest absolute Gasteiger partial charge is 0.303 e. The van der Waals surface area contributed by atoms with Crippen molar-refractivity contribution in [1.29, 1.82) is 0 Å². The standard InChI is InChI=1S/C12H15ClN2O3/c1-8-6-10(13)9(7-14-8)12(18)15(2)5-3-4-11(16)17/h6-7H,3-5H2,1-2H3,(H,16,17). The first kappa shape index (κ1) is 14.4. The van der Waals surface area contributed by atoms with Gasteiger partial charge in [-0.05, 0) is 19.4 Å². The first-order valence-electron chi connectivity index (χ1n) is 5.51. The highest BCUT2D eigenvalue weighted by atomic mass is 35.5. The lowest BCUT2D eigenvalue weighted by Crippen LogP contribution is -2.28. The Kier molecular flexibility index (Phi) is 5.09. The molecule has 0 saturated heterocycles. The summed E-state index contributed by atoms with van der Waals surface area (Å²) in [5.41, 5.74) is 1.07. The predicted molar refractivity (Wildman–Crippen MR) is 67.8 cm³/mol. The molecule has 1 N–H and O–H groups in total. The van der Waals surface area contributed by atoms with Crippen molar-refractivity contribution in [3.05, 3.63) is 28.5 Å². The molecule has 1 heterocycles. The SMILES string of the molecule is Cc1cc(Cl)c(C(=O)N(C)CCCC(=O)O)cn1. The maximum Gasteiger partial charge on any atom is 0.303 e. The average Bonchev–Trinajstić information content (AvgIpc) is 2.27. The Labute approximate surface area is 110 Å². The third-order valence-electron chi connectivity index (χ3n) is 2.45. The molecule has 0 radical (unpaired) electrons.